The van der Waals surface area contributed by atoms with Crippen LogP contribution in [0.4, 0.5) is 0 Å². The van der Waals surface area contributed by atoms with Crippen LogP contribution >= 0.6 is 11.3 Å². The number of hydrogen-bond acceptors (Lipinski definition) is 2. The van der Waals surface area contributed by atoms with Gasteiger partial charge in [0.2, 0.25) is 0 Å². The van der Waals surface area contributed by atoms with E-state index in [1.54, 1.807) is 0 Å². The SMILES string of the molecule is CCc1ccc(Cn2ccc3c2CCCC3=O)s1. The van der Waals surface area contributed by atoms with Gasteiger partial charge in [-0.15, -0.1) is 11.3 Å². The van der Waals surface area contributed by atoms with E-state index in [1.807, 2.05) is 17.4 Å². The van der Waals surface area contributed by atoms with Crippen LogP contribution in [-0.2, 0) is 19.4 Å². The van der Waals surface area contributed by atoms with Gasteiger partial charge in [0.15, 0.2) is 5.78 Å². The van der Waals surface area contributed by atoms with Gasteiger partial charge in [0.05, 0.1) is 6.54 Å². The summed E-state index contributed by atoms with van der Waals surface area (Å²) in [6.07, 6.45) is 5.93. The molecular weight excluding hydrogens is 242 g/mol. The number of carbonyl (C=O) groups is 1. The Morgan fingerprint density at radius 3 is 2.83 bits per heavy atom. The molecule has 3 heteroatoms. The maximum atomic E-state index is 11.8. The lowest BCUT2D eigenvalue weighted by atomic mass is 9.97. The van der Waals surface area contributed by atoms with E-state index in [0.717, 1.165) is 37.8 Å². The first-order chi connectivity index (χ1) is 8.78. The number of hydrogen-bond donors (Lipinski definition) is 0. The lowest BCUT2D eigenvalue weighted by Gasteiger charge is -2.14. The standard InChI is InChI=1S/C15H17NOS/c1-2-11-6-7-12(18-11)10-16-9-8-13-14(16)4-3-5-15(13)17/h6-9H,2-5,10H2,1H3. The van der Waals surface area contributed by atoms with Gasteiger partial charge in [-0.1, -0.05) is 6.92 Å². The third-order valence-electron chi connectivity index (χ3n) is 3.59. The highest BCUT2D eigenvalue weighted by Gasteiger charge is 2.20. The molecule has 3 rings (SSSR count). The van der Waals surface area contributed by atoms with Crippen molar-refractivity contribution in [2.75, 3.05) is 0 Å². The molecule has 0 amide bonds. The molecule has 0 N–H and O–H groups in total. The van der Waals surface area contributed by atoms with Crippen molar-refractivity contribution in [3.8, 4) is 0 Å². The van der Waals surface area contributed by atoms with Gasteiger partial charge in [-0.25, -0.2) is 0 Å². The molecule has 0 aliphatic heterocycles. The van der Waals surface area contributed by atoms with Crippen LogP contribution in [0, 0.1) is 0 Å². The average molecular weight is 259 g/mol. The Labute approximate surface area is 111 Å². The molecule has 0 aromatic carbocycles. The number of carbonyl (C=O) groups excluding carboxylic acids is 1. The summed E-state index contributed by atoms with van der Waals surface area (Å²) in [5.41, 5.74) is 2.19. The second kappa shape index (κ2) is 4.73. The summed E-state index contributed by atoms with van der Waals surface area (Å²) in [4.78, 5) is 14.6. The maximum Gasteiger partial charge on any atom is 0.164 e. The Morgan fingerprint density at radius 1 is 1.22 bits per heavy atom. The molecule has 0 radical (unpaired) electrons. The first-order valence-electron chi connectivity index (χ1n) is 6.56. The number of fused-ring (bicyclic) bond motifs is 1. The Balaban J connectivity index is 1.87. The van der Waals surface area contributed by atoms with E-state index < -0.39 is 0 Å². The second-order valence-corrected chi connectivity index (χ2v) is 6.06. The van der Waals surface area contributed by atoms with Crippen LogP contribution in [0.25, 0.3) is 0 Å². The zero-order valence-corrected chi connectivity index (χ0v) is 11.4. The third kappa shape index (κ3) is 2.03. The van der Waals surface area contributed by atoms with E-state index in [4.69, 9.17) is 0 Å². The molecule has 2 heterocycles. The van der Waals surface area contributed by atoms with E-state index in [0.29, 0.717) is 5.78 Å². The van der Waals surface area contributed by atoms with Crippen molar-refractivity contribution in [2.24, 2.45) is 0 Å². The molecule has 0 bridgehead atoms. The topological polar surface area (TPSA) is 22.0 Å². The van der Waals surface area contributed by atoms with Crippen molar-refractivity contribution >= 4 is 17.1 Å². The molecule has 2 aromatic rings. The fourth-order valence-corrected chi connectivity index (χ4v) is 3.56. The van der Waals surface area contributed by atoms with Crippen molar-refractivity contribution in [1.29, 1.82) is 0 Å². The Morgan fingerprint density at radius 2 is 2.06 bits per heavy atom. The second-order valence-electron chi connectivity index (χ2n) is 4.80. The Hall–Kier alpha value is -1.35. The summed E-state index contributed by atoms with van der Waals surface area (Å²) in [6.45, 7) is 3.10. The van der Waals surface area contributed by atoms with Crippen LogP contribution in [0.3, 0.4) is 0 Å². The lowest BCUT2D eigenvalue weighted by molar-refractivity contribution is 0.0972. The highest BCUT2D eigenvalue weighted by molar-refractivity contribution is 7.11. The number of ketones is 1. The minimum atomic E-state index is 0.315. The van der Waals surface area contributed by atoms with Gasteiger partial charge in [-0.05, 0) is 37.5 Å². The number of thiophene rings is 1. The van der Waals surface area contributed by atoms with Crippen LogP contribution in [0.5, 0.6) is 0 Å². The summed E-state index contributed by atoms with van der Waals surface area (Å²) in [5.74, 6) is 0.315. The fraction of sp³-hybridized carbons (Fsp3) is 0.400. The fourth-order valence-electron chi connectivity index (χ4n) is 2.60. The molecule has 18 heavy (non-hydrogen) atoms. The van der Waals surface area contributed by atoms with Gasteiger partial charge in [0, 0.05) is 33.6 Å². The average Bonchev–Trinajstić information content (AvgIpc) is 2.98. The normalized spacial score (nSPS) is 14.8. The minimum absolute atomic E-state index is 0.315. The van der Waals surface area contributed by atoms with Crippen LogP contribution < -0.4 is 0 Å². The largest absolute Gasteiger partial charge is 0.346 e. The quantitative estimate of drug-likeness (QED) is 0.824. The van der Waals surface area contributed by atoms with E-state index in [-0.39, 0.29) is 0 Å². The molecule has 2 nitrogen and oxygen atoms in total. The number of rotatable bonds is 3. The zero-order valence-electron chi connectivity index (χ0n) is 10.6. The van der Waals surface area contributed by atoms with Gasteiger partial charge >= 0.3 is 0 Å². The minimum Gasteiger partial charge on any atom is -0.346 e. The molecule has 0 spiro atoms. The van der Waals surface area contributed by atoms with Gasteiger partial charge < -0.3 is 4.57 Å². The first kappa shape index (κ1) is 11.7. The van der Waals surface area contributed by atoms with Gasteiger partial charge in [0.1, 0.15) is 0 Å². The Bertz CT molecular complexity index is 579. The van der Waals surface area contributed by atoms with E-state index in [2.05, 4.69) is 29.8 Å². The number of Topliss-reactive ketones (excluding diaryl/α,β-unsaturated/α-hetero) is 1. The van der Waals surface area contributed by atoms with Crippen molar-refractivity contribution in [1.82, 2.24) is 4.57 Å². The highest BCUT2D eigenvalue weighted by Crippen LogP contribution is 2.25. The molecule has 0 unspecified atom stereocenters. The summed E-state index contributed by atoms with van der Waals surface area (Å²) in [7, 11) is 0. The van der Waals surface area contributed by atoms with E-state index in [1.165, 1.54) is 15.4 Å². The van der Waals surface area contributed by atoms with Crippen molar-refractivity contribution in [3.63, 3.8) is 0 Å². The van der Waals surface area contributed by atoms with Gasteiger partial charge in [-0.3, -0.25) is 4.79 Å². The predicted molar refractivity (Wildman–Crippen MR) is 74.5 cm³/mol. The molecule has 0 atom stereocenters. The zero-order chi connectivity index (χ0) is 12.5. The third-order valence-corrected chi connectivity index (χ3v) is 4.80. The molecule has 1 aliphatic rings. The first-order valence-corrected chi connectivity index (χ1v) is 7.38. The van der Waals surface area contributed by atoms with E-state index >= 15 is 0 Å². The van der Waals surface area contributed by atoms with Crippen molar-refractivity contribution < 1.29 is 4.79 Å². The molecule has 0 saturated heterocycles. The smallest absolute Gasteiger partial charge is 0.164 e. The van der Waals surface area contributed by atoms with E-state index in [9.17, 15) is 4.79 Å². The van der Waals surface area contributed by atoms with Crippen molar-refractivity contribution in [3.05, 3.63) is 45.4 Å². The number of aryl methyl sites for hydroxylation is 1. The molecule has 94 valence electrons. The molecule has 0 saturated carbocycles. The lowest BCUT2D eigenvalue weighted by Crippen LogP contribution is -2.13. The maximum absolute atomic E-state index is 11.8. The summed E-state index contributed by atoms with van der Waals surface area (Å²) >= 11 is 1.88. The van der Waals surface area contributed by atoms with Crippen LogP contribution in [0.15, 0.2) is 24.4 Å². The van der Waals surface area contributed by atoms with Crippen molar-refractivity contribution in [2.45, 2.75) is 39.2 Å². The molecular formula is C15H17NOS. The Kier molecular flexibility index (Phi) is 3.08. The molecule has 0 fully saturated rings. The van der Waals surface area contributed by atoms with Gasteiger partial charge in [-0.2, -0.15) is 0 Å². The molecule has 1 aliphatic carbocycles. The highest BCUT2D eigenvalue weighted by atomic mass is 32.1. The summed E-state index contributed by atoms with van der Waals surface area (Å²) in [5, 5.41) is 0. The number of nitrogens with zero attached hydrogens (tertiary/aromatic N) is 1. The predicted octanol–water partition coefficient (Wildman–Crippen LogP) is 3.68. The molecule has 2 aromatic heterocycles. The summed E-state index contributed by atoms with van der Waals surface area (Å²) < 4.78 is 2.25. The van der Waals surface area contributed by atoms with Gasteiger partial charge in [0.25, 0.3) is 0 Å². The van der Waals surface area contributed by atoms with Crippen LogP contribution in [0.2, 0.25) is 0 Å². The number of aromatic nitrogens is 1. The van der Waals surface area contributed by atoms with Crippen LogP contribution in [0.1, 0.15) is 45.6 Å². The monoisotopic (exact) mass is 259 g/mol. The van der Waals surface area contributed by atoms with Crippen LogP contribution in [-0.4, -0.2) is 10.4 Å². The summed E-state index contributed by atoms with van der Waals surface area (Å²) in [6, 6.07) is 6.41.